The number of nitrogens with one attached hydrogen (secondary N) is 1. The van der Waals surface area contributed by atoms with E-state index < -0.39 is 8.07 Å². The zero-order chi connectivity index (χ0) is 24.6. The zero-order valence-corrected chi connectivity index (χ0v) is 23.2. The molecule has 4 rings (SSSR count). The number of hydrogen-bond acceptors (Lipinski definition) is 3. The Balaban J connectivity index is 1.46. The topological polar surface area (TPSA) is 41.1 Å². The number of H-pyrrole nitrogens is 1. The van der Waals surface area contributed by atoms with E-state index >= 15 is 0 Å². The summed E-state index contributed by atoms with van der Waals surface area (Å²) in [5.74, 6) is 0.622. The van der Waals surface area contributed by atoms with E-state index in [-0.39, 0.29) is 10.6 Å². The van der Waals surface area contributed by atoms with Crippen molar-refractivity contribution in [2.45, 2.75) is 76.7 Å². The lowest BCUT2D eigenvalue weighted by Crippen LogP contribution is -2.51. The number of aromatic amines is 1. The molecule has 184 valence electrons. The van der Waals surface area contributed by atoms with Crippen LogP contribution in [0.1, 0.15) is 57.6 Å². The highest BCUT2D eigenvalue weighted by Gasteiger charge is 2.41. The Kier molecular flexibility index (Phi) is 7.10. The number of ether oxygens (including phenoxy) is 1. The van der Waals surface area contributed by atoms with E-state index in [1.807, 2.05) is 12.3 Å². The lowest BCUT2D eigenvalue weighted by Gasteiger charge is -2.45. The highest BCUT2D eigenvalue weighted by molar-refractivity contribution is 6.92. The van der Waals surface area contributed by atoms with Gasteiger partial charge in [0, 0.05) is 34.6 Å². The van der Waals surface area contributed by atoms with Gasteiger partial charge in [-0.05, 0) is 68.4 Å². The third-order valence-corrected chi connectivity index (χ3v) is 14.3. The van der Waals surface area contributed by atoms with Crippen molar-refractivity contribution in [1.82, 2.24) is 14.9 Å². The van der Waals surface area contributed by atoms with Crippen LogP contribution in [0.15, 0.2) is 48.7 Å². The van der Waals surface area contributed by atoms with Crippen LogP contribution >= 0.6 is 0 Å². The molecule has 34 heavy (non-hydrogen) atoms. The quantitative estimate of drug-likeness (QED) is 0.398. The molecular weight excluding hydrogens is 434 g/mol. The SMILES string of the molecule is CN(C)C1(c2ccccc2)CCC(COCc2c([Si](C)(C)C(C)(C)C)[nH]c3ncccc23)CC1. The second-order valence-corrected chi connectivity index (χ2v) is 17.3. The van der Waals surface area contributed by atoms with Gasteiger partial charge in [-0.1, -0.05) is 64.2 Å². The monoisotopic (exact) mass is 477 g/mol. The van der Waals surface area contributed by atoms with Gasteiger partial charge in [0.1, 0.15) is 13.7 Å². The zero-order valence-electron chi connectivity index (χ0n) is 22.2. The van der Waals surface area contributed by atoms with Crippen LogP contribution < -0.4 is 5.32 Å². The summed E-state index contributed by atoms with van der Waals surface area (Å²) in [6, 6.07) is 15.3. The van der Waals surface area contributed by atoms with Gasteiger partial charge in [-0.25, -0.2) is 4.98 Å². The number of pyridine rings is 1. The van der Waals surface area contributed by atoms with E-state index in [2.05, 4.69) is 99.2 Å². The second-order valence-electron chi connectivity index (χ2n) is 12.0. The minimum absolute atomic E-state index is 0.149. The van der Waals surface area contributed by atoms with Gasteiger partial charge in [0.15, 0.2) is 0 Å². The predicted octanol–water partition coefficient (Wildman–Crippen LogP) is 6.44. The molecule has 0 atom stereocenters. The molecule has 0 amide bonds. The van der Waals surface area contributed by atoms with Gasteiger partial charge in [0.05, 0.1) is 6.61 Å². The van der Waals surface area contributed by atoms with Crippen LogP contribution in [0, 0.1) is 5.92 Å². The molecule has 1 aliphatic carbocycles. The standard InChI is InChI=1S/C29H43N3OSi/c1-28(2,3)34(6,7)27-25(24-14-11-19-30-26(24)31-27)21-33-20-22-15-17-29(18-16-22,32(4)5)23-12-9-8-10-13-23/h8-14,19,22H,15-18,20-21H2,1-7H3,(H,30,31). The molecule has 0 aliphatic heterocycles. The third kappa shape index (κ3) is 4.62. The fourth-order valence-electron chi connectivity index (χ4n) is 5.53. The maximum absolute atomic E-state index is 6.47. The summed E-state index contributed by atoms with van der Waals surface area (Å²) in [7, 11) is 2.72. The molecule has 1 aromatic carbocycles. The molecule has 0 spiro atoms. The van der Waals surface area contributed by atoms with Crippen LogP contribution in [0.2, 0.25) is 18.1 Å². The fraction of sp³-hybridized carbons (Fsp3) is 0.552. The summed E-state index contributed by atoms with van der Waals surface area (Å²) in [5, 5.41) is 2.87. The van der Waals surface area contributed by atoms with Crippen molar-refractivity contribution in [2.75, 3.05) is 20.7 Å². The Morgan fingerprint density at radius 2 is 1.74 bits per heavy atom. The highest BCUT2D eigenvalue weighted by Crippen LogP contribution is 2.43. The molecule has 5 heteroatoms. The Labute approximate surface area is 207 Å². The van der Waals surface area contributed by atoms with E-state index in [9.17, 15) is 0 Å². The first kappa shape index (κ1) is 25.1. The summed E-state index contributed by atoms with van der Waals surface area (Å²) in [4.78, 5) is 10.8. The molecule has 2 aromatic heterocycles. The first-order chi connectivity index (χ1) is 16.1. The number of rotatable bonds is 7. The third-order valence-electron chi connectivity index (χ3n) is 8.88. The minimum atomic E-state index is -1.75. The summed E-state index contributed by atoms with van der Waals surface area (Å²) < 4.78 is 6.47. The Morgan fingerprint density at radius 3 is 2.35 bits per heavy atom. The summed E-state index contributed by atoms with van der Waals surface area (Å²) in [6.07, 6.45) is 6.66. The molecule has 4 nitrogen and oxygen atoms in total. The first-order valence-electron chi connectivity index (χ1n) is 12.8. The normalized spacial score (nSPS) is 21.9. The van der Waals surface area contributed by atoms with Crippen molar-refractivity contribution in [3.8, 4) is 0 Å². The molecule has 0 bridgehead atoms. The molecule has 0 saturated heterocycles. The largest absolute Gasteiger partial charge is 0.376 e. The maximum Gasteiger partial charge on any atom is 0.137 e. The van der Waals surface area contributed by atoms with Gasteiger partial charge in [0.25, 0.3) is 0 Å². The Hall–Kier alpha value is -1.95. The van der Waals surface area contributed by atoms with Crippen molar-refractivity contribution in [2.24, 2.45) is 5.92 Å². The molecule has 3 aromatic rings. The molecule has 1 aliphatic rings. The van der Waals surface area contributed by atoms with Crippen LogP contribution in [0.25, 0.3) is 11.0 Å². The van der Waals surface area contributed by atoms with E-state index in [4.69, 9.17) is 4.74 Å². The van der Waals surface area contributed by atoms with Gasteiger partial charge >= 0.3 is 0 Å². The number of benzene rings is 1. The van der Waals surface area contributed by atoms with Gasteiger partial charge in [-0.15, -0.1) is 0 Å². The van der Waals surface area contributed by atoms with E-state index in [0.29, 0.717) is 12.5 Å². The molecule has 1 saturated carbocycles. The van der Waals surface area contributed by atoms with Crippen molar-refractivity contribution < 1.29 is 4.74 Å². The molecule has 1 fully saturated rings. The van der Waals surface area contributed by atoms with Crippen molar-refractivity contribution >= 4 is 24.4 Å². The van der Waals surface area contributed by atoms with Crippen LogP contribution in [0.5, 0.6) is 0 Å². The minimum Gasteiger partial charge on any atom is -0.376 e. The number of aromatic nitrogens is 2. The lowest BCUT2D eigenvalue weighted by molar-refractivity contribution is 0.0292. The number of nitrogens with zero attached hydrogens (tertiary/aromatic N) is 2. The second kappa shape index (κ2) is 9.60. The Bertz CT molecular complexity index is 1090. The van der Waals surface area contributed by atoms with E-state index in [1.165, 1.54) is 47.5 Å². The maximum atomic E-state index is 6.47. The fourth-order valence-corrected chi connectivity index (χ4v) is 7.67. The van der Waals surface area contributed by atoms with Gasteiger partial charge in [0.2, 0.25) is 0 Å². The van der Waals surface area contributed by atoms with Gasteiger partial charge in [-0.2, -0.15) is 0 Å². The lowest BCUT2D eigenvalue weighted by atomic mass is 9.72. The Morgan fingerprint density at radius 1 is 1.06 bits per heavy atom. The van der Waals surface area contributed by atoms with Crippen LogP contribution in [-0.4, -0.2) is 43.6 Å². The molecule has 2 heterocycles. The molecule has 1 N–H and O–H groups in total. The van der Waals surface area contributed by atoms with Crippen molar-refractivity contribution in [3.05, 3.63) is 59.8 Å². The van der Waals surface area contributed by atoms with Crippen molar-refractivity contribution in [3.63, 3.8) is 0 Å². The smallest absolute Gasteiger partial charge is 0.137 e. The first-order valence-corrected chi connectivity index (χ1v) is 15.8. The summed E-state index contributed by atoms with van der Waals surface area (Å²) in [6.45, 7) is 13.5. The molecule has 0 radical (unpaired) electrons. The van der Waals surface area contributed by atoms with E-state index in [0.717, 1.165) is 12.3 Å². The molecule has 0 unspecified atom stereocenters. The van der Waals surface area contributed by atoms with Crippen LogP contribution in [0.3, 0.4) is 0 Å². The van der Waals surface area contributed by atoms with Crippen LogP contribution in [-0.2, 0) is 16.9 Å². The summed E-state index contributed by atoms with van der Waals surface area (Å²) >= 11 is 0. The average molecular weight is 478 g/mol. The summed E-state index contributed by atoms with van der Waals surface area (Å²) in [5.41, 5.74) is 3.93. The van der Waals surface area contributed by atoms with Crippen LogP contribution in [0.4, 0.5) is 0 Å². The predicted molar refractivity (Wildman–Crippen MR) is 146 cm³/mol. The number of hydrogen-bond donors (Lipinski definition) is 1. The van der Waals surface area contributed by atoms with Gasteiger partial charge < -0.3 is 9.72 Å². The average Bonchev–Trinajstić information content (AvgIpc) is 3.19. The highest BCUT2D eigenvalue weighted by atomic mass is 28.3. The van der Waals surface area contributed by atoms with E-state index in [1.54, 1.807) is 0 Å². The van der Waals surface area contributed by atoms with Crippen molar-refractivity contribution in [1.29, 1.82) is 0 Å². The number of fused-ring (bicyclic) bond motifs is 1. The van der Waals surface area contributed by atoms with Gasteiger partial charge in [-0.3, -0.25) is 4.90 Å². The molecular formula is C29H43N3OSi.